The summed E-state index contributed by atoms with van der Waals surface area (Å²) < 4.78 is 6.54. The average molecular weight is 361 g/mol. The predicted molar refractivity (Wildman–Crippen MR) is 98.0 cm³/mol. The normalized spacial score (nSPS) is 10.5. The summed E-state index contributed by atoms with van der Waals surface area (Å²) in [5.41, 5.74) is 3.40. The van der Waals surface area contributed by atoms with Gasteiger partial charge in [-0.1, -0.05) is 17.8 Å². The van der Waals surface area contributed by atoms with Crippen LogP contribution in [0.3, 0.4) is 0 Å². The van der Waals surface area contributed by atoms with Crippen LogP contribution in [0.25, 0.3) is 5.69 Å². The van der Waals surface area contributed by atoms with E-state index in [1.54, 1.807) is 6.20 Å². The second-order valence-electron chi connectivity index (χ2n) is 5.74. The molecule has 1 aromatic heterocycles. The van der Waals surface area contributed by atoms with Gasteiger partial charge in [0.25, 0.3) is 0 Å². The Bertz CT molecular complexity index is 723. The molecule has 0 aliphatic heterocycles. The van der Waals surface area contributed by atoms with E-state index >= 15 is 0 Å². The molecule has 0 aliphatic rings. The summed E-state index contributed by atoms with van der Waals surface area (Å²) in [6.07, 6.45) is 4.50. The number of imidazole rings is 1. The first-order valence-corrected chi connectivity index (χ1v) is 9.06. The number of esters is 1. The number of aryl methyl sites for hydroxylation is 2. The molecule has 1 aromatic carbocycles. The Hall–Kier alpha value is -2.28. The van der Waals surface area contributed by atoms with Crippen molar-refractivity contribution >= 4 is 23.6 Å². The molecule has 1 heterocycles. The van der Waals surface area contributed by atoms with Crippen LogP contribution in [0.2, 0.25) is 0 Å². The Kier molecular flexibility index (Phi) is 7.06. The van der Waals surface area contributed by atoms with Crippen LogP contribution < -0.4 is 5.32 Å². The third kappa shape index (κ3) is 5.94. The topological polar surface area (TPSA) is 73.2 Å². The van der Waals surface area contributed by atoms with E-state index in [1.807, 2.05) is 10.8 Å². The zero-order valence-corrected chi connectivity index (χ0v) is 15.6. The Morgan fingerprint density at radius 1 is 1.24 bits per heavy atom. The fourth-order valence-corrected chi connectivity index (χ4v) is 3.23. The number of hydrogen-bond donors (Lipinski definition) is 1. The monoisotopic (exact) mass is 361 g/mol. The highest BCUT2D eigenvalue weighted by Gasteiger charge is 2.10. The standard InChI is InChI=1S/C18H23N3O3S/c1-13-9-14(2)11-15(10-13)21-8-7-20-18(21)25-12-16(22)19-6-4-5-17(23)24-3/h7-11H,4-6,12H2,1-3H3,(H,19,22). The second kappa shape index (κ2) is 9.27. The zero-order valence-electron chi connectivity index (χ0n) is 14.7. The number of carbonyl (C=O) groups excluding carboxylic acids is 2. The van der Waals surface area contributed by atoms with Crippen LogP contribution in [0.1, 0.15) is 24.0 Å². The molecule has 0 aliphatic carbocycles. The molecule has 0 saturated heterocycles. The number of aromatic nitrogens is 2. The number of carbonyl (C=O) groups is 2. The fraction of sp³-hybridized carbons (Fsp3) is 0.389. The van der Waals surface area contributed by atoms with Crippen LogP contribution in [0.5, 0.6) is 0 Å². The van der Waals surface area contributed by atoms with Gasteiger partial charge >= 0.3 is 5.97 Å². The van der Waals surface area contributed by atoms with Crippen LogP contribution in [-0.4, -0.2) is 40.8 Å². The van der Waals surface area contributed by atoms with Crippen molar-refractivity contribution in [2.75, 3.05) is 19.4 Å². The van der Waals surface area contributed by atoms with Gasteiger partial charge in [-0.3, -0.25) is 14.2 Å². The summed E-state index contributed by atoms with van der Waals surface area (Å²) in [6, 6.07) is 6.30. The Labute approximate surface area is 152 Å². The van der Waals surface area contributed by atoms with E-state index in [-0.39, 0.29) is 17.6 Å². The number of rotatable bonds is 8. The molecule has 134 valence electrons. The summed E-state index contributed by atoms with van der Waals surface area (Å²) in [7, 11) is 1.36. The van der Waals surface area contributed by atoms with E-state index in [0.29, 0.717) is 19.4 Å². The van der Waals surface area contributed by atoms with Gasteiger partial charge in [0.05, 0.1) is 12.9 Å². The summed E-state index contributed by atoms with van der Waals surface area (Å²) in [5, 5.41) is 3.57. The van der Waals surface area contributed by atoms with Gasteiger partial charge in [-0.05, 0) is 43.5 Å². The van der Waals surface area contributed by atoms with E-state index in [1.165, 1.54) is 30.0 Å². The molecule has 1 amide bonds. The van der Waals surface area contributed by atoms with Crippen molar-refractivity contribution in [3.05, 3.63) is 41.7 Å². The molecule has 2 rings (SSSR count). The molecule has 6 nitrogen and oxygen atoms in total. The lowest BCUT2D eigenvalue weighted by atomic mass is 10.1. The first kappa shape index (κ1) is 19.1. The number of nitrogens with zero attached hydrogens (tertiary/aromatic N) is 2. The highest BCUT2D eigenvalue weighted by atomic mass is 32.2. The summed E-state index contributed by atoms with van der Waals surface area (Å²) in [4.78, 5) is 27.3. The maximum Gasteiger partial charge on any atom is 0.305 e. The van der Waals surface area contributed by atoms with Gasteiger partial charge in [-0.25, -0.2) is 4.98 Å². The Morgan fingerprint density at radius 2 is 1.96 bits per heavy atom. The van der Waals surface area contributed by atoms with Gasteiger partial charge in [0.15, 0.2) is 5.16 Å². The van der Waals surface area contributed by atoms with E-state index in [9.17, 15) is 9.59 Å². The number of methoxy groups -OCH3 is 1. The largest absolute Gasteiger partial charge is 0.469 e. The number of ether oxygens (including phenoxy) is 1. The highest BCUT2D eigenvalue weighted by molar-refractivity contribution is 7.99. The van der Waals surface area contributed by atoms with Crippen LogP contribution in [0.15, 0.2) is 35.7 Å². The molecule has 0 saturated carbocycles. The minimum atomic E-state index is -0.265. The number of benzene rings is 1. The third-order valence-corrected chi connectivity index (χ3v) is 4.50. The first-order chi connectivity index (χ1) is 12.0. The lowest BCUT2D eigenvalue weighted by molar-refractivity contribution is -0.140. The van der Waals surface area contributed by atoms with Gasteiger partial charge in [0.2, 0.25) is 5.91 Å². The molecule has 25 heavy (non-hydrogen) atoms. The minimum Gasteiger partial charge on any atom is -0.469 e. The zero-order chi connectivity index (χ0) is 18.2. The van der Waals surface area contributed by atoms with Gasteiger partial charge in [0.1, 0.15) is 0 Å². The number of amides is 1. The van der Waals surface area contributed by atoms with Crippen molar-refractivity contribution in [1.29, 1.82) is 0 Å². The average Bonchev–Trinajstić information content (AvgIpc) is 3.04. The van der Waals surface area contributed by atoms with Crippen molar-refractivity contribution in [2.24, 2.45) is 0 Å². The van der Waals surface area contributed by atoms with Crippen molar-refractivity contribution in [1.82, 2.24) is 14.9 Å². The smallest absolute Gasteiger partial charge is 0.305 e. The summed E-state index contributed by atoms with van der Waals surface area (Å²) >= 11 is 1.39. The molecule has 1 N–H and O–H groups in total. The van der Waals surface area contributed by atoms with E-state index in [4.69, 9.17) is 0 Å². The quantitative estimate of drug-likeness (QED) is 0.444. The lowest BCUT2D eigenvalue weighted by Crippen LogP contribution is -2.26. The van der Waals surface area contributed by atoms with Crippen molar-refractivity contribution in [3.63, 3.8) is 0 Å². The number of nitrogens with one attached hydrogen (secondary N) is 1. The van der Waals surface area contributed by atoms with E-state index in [0.717, 1.165) is 10.8 Å². The van der Waals surface area contributed by atoms with E-state index < -0.39 is 0 Å². The Balaban J connectivity index is 1.87. The SMILES string of the molecule is COC(=O)CCCNC(=O)CSc1nccn1-c1cc(C)cc(C)c1. The lowest BCUT2D eigenvalue weighted by Gasteiger charge is -2.10. The first-order valence-electron chi connectivity index (χ1n) is 8.08. The van der Waals surface area contributed by atoms with Gasteiger partial charge < -0.3 is 10.1 Å². The van der Waals surface area contributed by atoms with Crippen molar-refractivity contribution in [3.8, 4) is 5.69 Å². The molecule has 0 unspecified atom stereocenters. The Morgan fingerprint density at radius 3 is 2.64 bits per heavy atom. The summed E-state index contributed by atoms with van der Waals surface area (Å²) in [6.45, 7) is 4.57. The molecule has 0 fully saturated rings. The van der Waals surface area contributed by atoms with Crippen LogP contribution in [0.4, 0.5) is 0 Å². The van der Waals surface area contributed by atoms with Crippen LogP contribution in [0, 0.1) is 13.8 Å². The molecular formula is C18H23N3O3S. The molecule has 0 radical (unpaired) electrons. The molecule has 0 bridgehead atoms. The second-order valence-corrected chi connectivity index (χ2v) is 6.69. The van der Waals surface area contributed by atoms with Gasteiger partial charge in [-0.15, -0.1) is 0 Å². The van der Waals surface area contributed by atoms with E-state index in [2.05, 4.69) is 47.1 Å². The van der Waals surface area contributed by atoms with Crippen molar-refractivity contribution in [2.45, 2.75) is 31.8 Å². The number of thioether (sulfide) groups is 1. The number of hydrogen-bond acceptors (Lipinski definition) is 5. The molecule has 7 heteroatoms. The van der Waals surface area contributed by atoms with Crippen molar-refractivity contribution < 1.29 is 14.3 Å². The van der Waals surface area contributed by atoms with Gasteiger partial charge in [0, 0.05) is 31.0 Å². The third-order valence-electron chi connectivity index (χ3n) is 3.53. The molecule has 2 aromatic rings. The highest BCUT2D eigenvalue weighted by Crippen LogP contribution is 2.22. The summed E-state index contributed by atoms with van der Waals surface area (Å²) in [5.74, 6) is -0.0658. The van der Waals surface area contributed by atoms with Gasteiger partial charge in [-0.2, -0.15) is 0 Å². The predicted octanol–water partition coefficient (Wildman–Crippen LogP) is 2.65. The maximum absolute atomic E-state index is 11.9. The fourth-order valence-electron chi connectivity index (χ4n) is 2.43. The van der Waals surface area contributed by atoms with Crippen LogP contribution in [-0.2, 0) is 14.3 Å². The minimum absolute atomic E-state index is 0.0789. The maximum atomic E-state index is 11.9. The molecule has 0 spiro atoms. The molecule has 0 atom stereocenters. The molecular weight excluding hydrogens is 338 g/mol. The van der Waals surface area contributed by atoms with Crippen LogP contribution >= 0.6 is 11.8 Å².